The maximum absolute atomic E-state index is 11.6. The molecule has 0 aliphatic heterocycles. The lowest BCUT2D eigenvalue weighted by Crippen LogP contribution is -2.57. The highest BCUT2D eigenvalue weighted by atomic mass is 16.5. The van der Waals surface area contributed by atoms with Crippen molar-refractivity contribution in [1.82, 2.24) is 0 Å². The van der Waals surface area contributed by atoms with Crippen molar-refractivity contribution in [3.8, 4) is 0 Å². The van der Waals surface area contributed by atoms with Gasteiger partial charge in [0, 0.05) is 6.08 Å². The van der Waals surface area contributed by atoms with Gasteiger partial charge in [-0.25, -0.2) is 4.79 Å². The fourth-order valence-electron chi connectivity index (χ4n) is 7.87. The van der Waals surface area contributed by atoms with Crippen molar-refractivity contribution in [2.24, 2.45) is 34.0 Å². The number of ether oxygens (including phenoxy) is 1. The number of fused-ring (bicyclic) bond motifs is 3. The number of hydrogen-bond donors (Lipinski definition) is 0. The Bertz CT molecular complexity index is 670. The first-order chi connectivity index (χ1) is 13.0. The zero-order valence-electron chi connectivity index (χ0n) is 19.4. The molecule has 2 nitrogen and oxygen atoms in total. The van der Waals surface area contributed by atoms with Crippen LogP contribution < -0.4 is 0 Å². The van der Waals surface area contributed by atoms with Crippen LogP contribution in [-0.2, 0) is 9.53 Å². The van der Waals surface area contributed by atoms with Gasteiger partial charge in [0.05, 0.1) is 7.11 Å². The number of carbonyl (C=O) groups excluding carboxylic acids is 1. The number of hydrogen-bond acceptors (Lipinski definition) is 2. The van der Waals surface area contributed by atoms with Gasteiger partial charge in [-0.1, -0.05) is 51.3 Å². The molecule has 0 saturated heterocycles. The van der Waals surface area contributed by atoms with Gasteiger partial charge in [-0.15, -0.1) is 0 Å². The first-order valence-electron chi connectivity index (χ1n) is 11.5. The second kappa shape index (κ2) is 7.65. The van der Waals surface area contributed by atoms with Crippen LogP contribution in [-0.4, -0.2) is 13.1 Å². The summed E-state index contributed by atoms with van der Waals surface area (Å²) in [6.45, 7) is 14.7. The summed E-state index contributed by atoms with van der Waals surface area (Å²) in [6, 6.07) is 0. The van der Waals surface area contributed by atoms with Crippen LogP contribution in [0.25, 0.3) is 0 Å². The summed E-state index contributed by atoms with van der Waals surface area (Å²) >= 11 is 0. The average Bonchev–Trinajstić information content (AvgIpc) is 2.59. The van der Waals surface area contributed by atoms with E-state index in [4.69, 9.17) is 4.74 Å². The summed E-state index contributed by atoms with van der Waals surface area (Å²) in [5.74, 6) is 2.06. The van der Waals surface area contributed by atoms with Crippen molar-refractivity contribution in [2.75, 3.05) is 7.11 Å². The predicted molar refractivity (Wildman–Crippen MR) is 117 cm³/mol. The molecular formula is C26H42O2. The van der Waals surface area contributed by atoms with Gasteiger partial charge < -0.3 is 4.74 Å². The van der Waals surface area contributed by atoms with Crippen LogP contribution >= 0.6 is 0 Å². The third-order valence-electron chi connectivity index (χ3n) is 9.25. The Hall–Kier alpha value is -1.05. The second-order valence-corrected chi connectivity index (χ2v) is 11.3. The summed E-state index contributed by atoms with van der Waals surface area (Å²) in [5, 5.41) is 0. The molecule has 0 bridgehead atoms. The van der Waals surface area contributed by atoms with Gasteiger partial charge in [-0.2, -0.15) is 0 Å². The highest BCUT2D eigenvalue weighted by molar-refractivity contribution is 5.82. The van der Waals surface area contributed by atoms with Gasteiger partial charge in [0.1, 0.15) is 0 Å². The molecule has 28 heavy (non-hydrogen) atoms. The molecule has 5 atom stereocenters. The minimum atomic E-state index is -0.227. The monoisotopic (exact) mass is 386 g/mol. The smallest absolute Gasteiger partial charge is 0.330 e. The van der Waals surface area contributed by atoms with Crippen LogP contribution in [0.15, 0.2) is 23.3 Å². The molecule has 3 rings (SSSR count). The molecule has 0 radical (unpaired) electrons. The third-order valence-corrected chi connectivity index (χ3v) is 9.25. The molecule has 0 aromatic carbocycles. The Balaban J connectivity index is 1.85. The van der Waals surface area contributed by atoms with E-state index >= 15 is 0 Å². The largest absolute Gasteiger partial charge is 0.466 e. The molecule has 0 aromatic rings. The second-order valence-electron chi connectivity index (χ2n) is 11.3. The Labute approximate surface area is 173 Å². The van der Waals surface area contributed by atoms with Crippen LogP contribution in [0.4, 0.5) is 0 Å². The van der Waals surface area contributed by atoms with E-state index in [-0.39, 0.29) is 5.97 Å². The summed E-state index contributed by atoms with van der Waals surface area (Å²) in [7, 11) is 1.45. The third kappa shape index (κ3) is 3.61. The van der Waals surface area contributed by atoms with Gasteiger partial charge >= 0.3 is 5.97 Å². The number of carbonyl (C=O) groups is 1. The summed E-state index contributed by atoms with van der Waals surface area (Å²) < 4.78 is 4.80. The fraction of sp³-hybridized carbons (Fsp3) is 0.808. The zero-order chi connectivity index (χ0) is 20.7. The molecule has 0 spiro atoms. The number of rotatable bonds is 4. The van der Waals surface area contributed by atoms with E-state index in [1.807, 2.05) is 0 Å². The molecule has 0 N–H and O–H groups in total. The van der Waals surface area contributed by atoms with E-state index < -0.39 is 0 Å². The van der Waals surface area contributed by atoms with Crippen LogP contribution in [0.1, 0.15) is 92.9 Å². The van der Waals surface area contributed by atoms with Crippen LogP contribution in [0.3, 0.4) is 0 Å². The molecule has 158 valence electrons. The Morgan fingerprint density at radius 2 is 1.86 bits per heavy atom. The van der Waals surface area contributed by atoms with E-state index in [9.17, 15) is 4.79 Å². The SMILES string of the molecule is COC(=O)/C=C(\C)CC[C@@H]1C(C)=CC[C@H]2[C@@]1(C)CC[C@@H]1C(C)(C)CCC[C@]21C. The quantitative estimate of drug-likeness (QED) is 0.292. The van der Waals surface area contributed by atoms with Crippen molar-refractivity contribution in [2.45, 2.75) is 92.9 Å². The first-order valence-corrected chi connectivity index (χ1v) is 11.5. The molecule has 0 amide bonds. The minimum Gasteiger partial charge on any atom is -0.466 e. The van der Waals surface area contributed by atoms with Crippen LogP contribution in [0, 0.1) is 34.0 Å². The first kappa shape index (κ1) is 21.7. The van der Waals surface area contributed by atoms with E-state index in [0.717, 1.165) is 30.3 Å². The van der Waals surface area contributed by atoms with Crippen LogP contribution in [0.5, 0.6) is 0 Å². The Morgan fingerprint density at radius 1 is 1.14 bits per heavy atom. The predicted octanol–water partition coefficient (Wildman–Crippen LogP) is 7.10. The molecule has 2 saturated carbocycles. The fourth-order valence-corrected chi connectivity index (χ4v) is 7.87. The van der Waals surface area contributed by atoms with Gasteiger partial charge in [0.25, 0.3) is 0 Å². The lowest BCUT2D eigenvalue weighted by Gasteiger charge is -2.65. The maximum atomic E-state index is 11.6. The van der Waals surface area contributed by atoms with Gasteiger partial charge in [-0.3, -0.25) is 0 Å². The number of allylic oxidation sites excluding steroid dienone is 3. The van der Waals surface area contributed by atoms with Crippen molar-refractivity contribution in [1.29, 1.82) is 0 Å². The summed E-state index contributed by atoms with van der Waals surface area (Å²) in [5.41, 5.74) is 4.08. The molecule has 3 aliphatic carbocycles. The van der Waals surface area contributed by atoms with Crippen LogP contribution in [0.2, 0.25) is 0 Å². The molecular weight excluding hydrogens is 344 g/mol. The summed E-state index contributed by atoms with van der Waals surface area (Å²) in [4.78, 5) is 11.6. The molecule has 3 aliphatic rings. The van der Waals surface area contributed by atoms with E-state index in [0.29, 0.717) is 22.2 Å². The normalized spacial score (nSPS) is 40.2. The lowest BCUT2D eigenvalue weighted by molar-refractivity contribution is -0.145. The zero-order valence-corrected chi connectivity index (χ0v) is 19.4. The van der Waals surface area contributed by atoms with Gasteiger partial charge in [0.15, 0.2) is 0 Å². The lowest BCUT2D eigenvalue weighted by atomic mass is 9.39. The topological polar surface area (TPSA) is 26.3 Å². The van der Waals surface area contributed by atoms with Crippen molar-refractivity contribution in [3.63, 3.8) is 0 Å². The van der Waals surface area contributed by atoms with E-state index in [2.05, 4.69) is 47.6 Å². The van der Waals surface area contributed by atoms with Crippen molar-refractivity contribution < 1.29 is 9.53 Å². The number of esters is 1. The standard InChI is InChI=1S/C26H42O2/c1-18(17-23(27)28-7)9-11-20-19(2)10-12-22-25(20,5)16-13-21-24(3,4)14-8-15-26(21,22)6/h10,17,20-22H,8-9,11-16H2,1-7H3/b18-17+/t20-,21-,22+,25+,26+/m1/s1. The Morgan fingerprint density at radius 3 is 2.54 bits per heavy atom. The van der Waals surface area contributed by atoms with Gasteiger partial charge in [-0.05, 0) is 92.8 Å². The highest BCUT2D eigenvalue weighted by Crippen LogP contribution is 2.68. The Kier molecular flexibility index (Phi) is 5.92. The number of methoxy groups -OCH3 is 1. The molecule has 2 heteroatoms. The van der Waals surface area contributed by atoms with Gasteiger partial charge in [0.2, 0.25) is 0 Å². The molecule has 2 fully saturated rings. The van der Waals surface area contributed by atoms with Crippen molar-refractivity contribution in [3.05, 3.63) is 23.3 Å². The molecule has 0 unspecified atom stereocenters. The highest BCUT2D eigenvalue weighted by Gasteiger charge is 2.60. The summed E-state index contributed by atoms with van der Waals surface area (Å²) in [6.07, 6.45) is 14.6. The van der Waals surface area contributed by atoms with E-state index in [1.54, 1.807) is 11.6 Å². The van der Waals surface area contributed by atoms with Crippen molar-refractivity contribution >= 4 is 5.97 Å². The minimum absolute atomic E-state index is 0.227. The van der Waals surface area contributed by atoms with E-state index in [1.165, 1.54) is 45.6 Å². The average molecular weight is 387 g/mol. The molecule has 0 heterocycles. The maximum Gasteiger partial charge on any atom is 0.330 e. The molecule has 0 aromatic heterocycles.